The van der Waals surface area contributed by atoms with E-state index in [0.717, 1.165) is 44.2 Å². The van der Waals surface area contributed by atoms with Crippen molar-refractivity contribution in [2.75, 3.05) is 57.4 Å². The van der Waals surface area contributed by atoms with E-state index in [2.05, 4.69) is 20.2 Å². The first-order chi connectivity index (χ1) is 18.5. The first-order valence-corrected chi connectivity index (χ1v) is 12.7. The molecule has 6 rings (SSSR count). The fourth-order valence-electron chi connectivity index (χ4n) is 5.06. The number of aliphatic hydroxyl groups is 1. The molecule has 5 heterocycles. The molecule has 0 saturated carbocycles. The number of nitrogens with two attached hydrogens (primary N) is 1. The number of piperazine rings is 1. The maximum Gasteiger partial charge on any atom is 0.339 e. The van der Waals surface area contributed by atoms with E-state index in [1.807, 2.05) is 30.3 Å². The van der Waals surface area contributed by atoms with E-state index >= 15 is 0 Å². The molecular weight excluding hydrogens is 490 g/mol. The largest absolute Gasteiger partial charge is 0.491 e. The van der Waals surface area contributed by atoms with Crippen molar-refractivity contribution >= 4 is 29.1 Å². The Morgan fingerprint density at radius 1 is 1.16 bits per heavy atom. The van der Waals surface area contributed by atoms with Crippen LogP contribution in [0.1, 0.15) is 12.7 Å². The SMILES string of the molecule is CC1=NC(c2ccco2)=C2C(=NC3N(CCN4CCN(c5ccc(OCCO)cc5)CC4)C(=O)NN23)N1N. The molecule has 4 aliphatic heterocycles. The Bertz CT molecular complexity index is 1270. The van der Waals surface area contributed by atoms with E-state index in [1.54, 1.807) is 29.2 Å². The summed E-state index contributed by atoms with van der Waals surface area (Å²) in [6.07, 6.45) is 1.04. The number of furan rings is 1. The van der Waals surface area contributed by atoms with Gasteiger partial charge in [-0.2, -0.15) is 0 Å². The van der Waals surface area contributed by atoms with Crippen molar-refractivity contribution in [1.29, 1.82) is 0 Å². The van der Waals surface area contributed by atoms with Crippen molar-refractivity contribution in [3.05, 3.63) is 54.1 Å². The molecule has 38 heavy (non-hydrogen) atoms. The van der Waals surface area contributed by atoms with Crippen LogP contribution in [-0.4, -0.2) is 101 Å². The van der Waals surface area contributed by atoms with Crippen molar-refractivity contribution in [1.82, 2.24) is 25.2 Å². The summed E-state index contributed by atoms with van der Waals surface area (Å²) in [5, 5.41) is 12.1. The van der Waals surface area contributed by atoms with Gasteiger partial charge in [-0.3, -0.25) is 9.80 Å². The molecule has 4 aliphatic rings. The number of benzene rings is 1. The van der Waals surface area contributed by atoms with Gasteiger partial charge in [-0.15, -0.1) is 0 Å². The van der Waals surface area contributed by atoms with Gasteiger partial charge in [-0.05, 0) is 43.3 Å². The number of amides is 2. The van der Waals surface area contributed by atoms with Gasteiger partial charge in [0.05, 0.1) is 12.9 Å². The van der Waals surface area contributed by atoms with E-state index < -0.39 is 6.29 Å². The zero-order chi connectivity index (χ0) is 26.2. The average molecular weight is 522 g/mol. The summed E-state index contributed by atoms with van der Waals surface area (Å²) in [6.45, 7) is 6.90. The number of aliphatic imine (C=N–C) groups is 2. The minimum atomic E-state index is -0.544. The van der Waals surface area contributed by atoms with Crippen molar-refractivity contribution in [2.45, 2.75) is 13.2 Å². The average Bonchev–Trinajstić information content (AvgIpc) is 3.66. The molecule has 13 heteroatoms. The van der Waals surface area contributed by atoms with Gasteiger partial charge in [0, 0.05) is 45.0 Å². The highest BCUT2D eigenvalue weighted by Crippen LogP contribution is 2.36. The van der Waals surface area contributed by atoms with Gasteiger partial charge in [0.1, 0.15) is 29.6 Å². The van der Waals surface area contributed by atoms with Gasteiger partial charge in [-0.25, -0.2) is 36.1 Å². The van der Waals surface area contributed by atoms with Gasteiger partial charge < -0.3 is 19.2 Å². The lowest BCUT2D eigenvalue weighted by molar-refractivity contribution is 0.154. The Balaban J connectivity index is 1.09. The number of hydrazine groups is 2. The minimum absolute atomic E-state index is 0.00150. The molecular formula is C25H31N9O4. The van der Waals surface area contributed by atoms with E-state index in [0.29, 0.717) is 42.0 Å². The van der Waals surface area contributed by atoms with Crippen LogP contribution in [0.25, 0.3) is 5.70 Å². The molecule has 1 aromatic heterocycles. The van der Waals surface area contributed by atoms with E-state index in [1.165, 1.54) is 5.01 Å². The number of nitrogens with one attached hydrogen (secondary N) is 1. The molecule has 0 radical (unpaired) electrons. The topological polar surface area (TPSA) is 139 Å². The molecule has 2 fully saturated rings. The molecule has 13 nitrogen and oxygen atoms in total. The van der Waals surface area contributed by atoms with Crippen molar-refractivity contribution in [2.24, 2.45) is 15.8 Å². The van der Waals surface area contributed by atoms with Crippen LogP contribution in [0.5, 0.6) is 5.75 Å². The molecule has 1 aromatic carbocycles. The molecule has 4 N–H and O–H groups in total. The fraction of sp³-hybridized carbons (Fsp3) is 0.400. The zero-order valence-corrected chi connectivity index (χ0v) is 21.2. The van der Waals surface area contributed by atoms with Crippen LogP contribution in [0, 0.1) is 0 Å². The second-order valence-electron chi connectivity index (χ2n) is 9.38. The molecule has 0 aliphatic carbocycles. The molecule has 200 valence electrons. The summed E-state index contributed by atoms with van der Waals surface area (Å²) in [7, 11) is 0. The molecule has 2 amide bonds. The molecule has 2 aromatic rings. The van der Waals surface area contributed by atoms with Crippen LogP contribution in [0.2, 0.25) is 0 Å². The number of hydrogen-bond acceptors (Lipinski definition) is 11. The van der Waals surface area contributed by atoms with Gasteiger partial charge in [0.15, 0.2) is 11.6 Å². The predicted octanol–water partition coefficient (Wildman–Crippen LogP) is 0.687. The van der Waals surface area contributed by atoms with Crippen molar-refractivity contribution in [3.63, 3.8) is 0 Å². The first kappa shape index (κ1) is 24.3. The number of nitrogens with zero attached hydrogens (tertiary/aromatic N) is 7. The lowest BCUT2D eigenvalue weighted by atomic mass is 10.2. The number of rotatable bonds is 8. The maximum absolute atomic E-state index is 12.9. The Hall–Kier alpha value is -4.07. The minimum Gasteiger partial charge on any atom is -0.491 e. The van der Waals surface area contributed by atoms with Crippen LogP contribution < -0.4 is 20.9 Å². The molecule has 2 saturated heterocycles. The Morgan fingerprint density at radius 2 is 1.95 bits per heavy atom. The zero-order valence-electron chi connectivity index (χ0n) is 21.2. The van der Waals surface area contributed by atoms with Crippen LogP contribution in [-0.2, 0) is 0 Å². The van der Waals surface area contributed by atoms with Crippen molar-refractivity contribution < 1.29 is 19.1 Å². The number of carbonyl (C=O) groups is 1. The van der Waals surface area contributed by atoms with Crippen LogP contribution in [0.4, 0.5) is 10.5 Å². The van der Waals surface area contributed by atoms with E-state index in [9.17, 15) is 4.79 Å². The number of ether oxygens (including phenoxy) is 1. The quantitative estimate of drug-likeness (QED) is 0.428. The van der Waals surface area contributed by atoms with Gasteiger partial charge >= 0.3 is 6.03 Å². The fourth-order valence-corrected chi connectivity index (χ4v) is 5.06. The predicted molar refractivity (Wildman–Crippen MR) is 141 cm³/mol. The highest BCUT2D eigenvalue weighted by atomic mass is 16.5. The second kappa shape index (κ2) is 10.0. The summed E-state index contributed by atoms with van der Waals surface area (Å²) in [4.78, 5) is 28.7. The monoisotopic (exact) mass is 521 g/mol. The van der Waals surface area contributed by atoms with Gasteiger partial charge in [-0.1, -0.05) is 0 Å². The summed E-state index contributed by atoms with van der Waals surface area (Å²) in [5.74, 6) is 8.72. The Labute approximate surface area is 220 Å². The lowest BCUT2D eigenvalue weighted by Gasteiger charge is -2.36. The number of anilines is 1. The third-order valence-corrected chi connectivity index (χ3v) is 7.10. The number of fused-ring (bicyclic) bond motifs is 3. The standard InChI is InChI=1S/C25H31N9O4/c1-17-27-21(20-3-2-15-38-20)22-23(33(17)26)28-24-32(25(36)29-34(22)24)13-10-30-8-11-31(12-9-30)18-4-6-19(7-5-18)37-16-14-35/h2-7,15,24,35H,8-14,16,26H2,1H3,(H,29,36). The first-order valence-electron chi connectivity index (χ1n) is 12.7. The normalized spacial score (nSPS) is 21.4. The summed E-state index contributed by atoms with van der Waals surface area (Å²) < 4.78 is 11.0. The smallest absolute Gasteiger partial charge is 0.339 e. The summed E-state index contributed by atoms with van der Waals surface area (Å²) >= 11 is 0. The van der Waals surface area contributed by atoms with Crippen molar-refractivity contribution in [3.8, 4) is 5.75 Å². The highest BCUT2D eigenvalue weighted by molar-refractivity contribution is 6.16. The van der Waals surface area contributed by atoms with Gasteiger partial charge in [0.2, 0.25) is 6.29 Å². The number of carbonyl (C=O) groups excluding carboxylic acids is 1. The van der Waals surface area contributed by atoms with Crippen LogP contribution in [0.15, 0.2) is 62.8 Å². The Kier molecular flexibility index (Phi) is 6.39. The molecule has 0 spiro atoms. The third-order valence-electron chi connectivity index (χ3n) is 7.10. The second-order valence-corrected chi connectivity index (χ2v) is 9.38. The maximum atomic E-state index is 12.9. The lowest BCUT2D eigenvalue weighted by Crippen LogP contribution is -2.49. The van der Waals surface area contributed by atoms with Crippen LogP contribution >= 0.6 is 0 Å². The van der Waals surface area contributed by atoms with E-state index in [4.69, 9.17) is 25.1 Å². The third kappa shape index (κ3) is 4.34. The Morgan fingerprint density at radius 3 is 2.66 bits per heavy atom. The van der Waals surface area contributed by atoms with E-state index in [-0.39, 0.29) is 12.6 Å². The van der Waals surface area contributed by atoms with Gasteiger partial charge in [0.25, 0.3) is 0 Å². The molecule has 1 atom stereocenters. The number of hydrogen-bond donors (Lipinski definition) is 3. The molecule has 0 bridgehead atoms. The summed E-state index contributed by atoms with van der Waals surface area (Å²) in [6, 6.07) is 11.4. The molecule has 1 unspecified atom stereocenters. The summed E-state index contributed by atoms with van der Waals surface area (Å²) in [5.41, 5.74) is 5.28. The number of aliphatic hydroxyl groups excluding tert-OH is 1. The van der Waals surface area contributed by atoms with Crippen LogP contribution in [0.3, 0.4) is 0 Å². The highest BCUT2D eigenvalue weighted by Gasteiger charge is 2.48. The number of urea groups is 1. The number of amidine groups is 2.